The Kier molecular flexibility index (Phi) is 7.45. The maximum Gasteiger partial charge on any atom is 0.191 e. The van der Waals surface area contributed by atoms with Gasteiger partial charge in [0.15, 0.2) is 11.6 Å². The molecule has 0 radical (unpaired) electrons. The highest BCUT2D eigenvalue weighted by Crippen LogP contribution is 2.47. The predicted molar refractivity (Wildman–Crippen MR) is 143 cm³/mol. The number of hydrogen-bond donors (Lipinski definition) is 0. The molecular weight excluding hydrogens is 504 g/mol. The van der Waals surface area contributed by atoms with Crippen molar-refractivity contribution < 1.29 is 9.59 Å². The van der Waals surface area contributed by atoms with Crippen LogP contribution in [-0.4, -0.2) is 36.8 Å². The first kappa shape index (κ1) is 27.6. The van der Waals surface area contributed by atoms with Gasteiger partial charge in [-0.2, -0.15) is 0 Å². The number of rotatable bonds is 5. The van der Waals surface area contributed by atoms with Gasteiger partial charge in [0.1, 0.15) is 23.0 Å². The third-order valence-electron chi connectivity index (χ3n) is 6.84. The molecule has 4 rings (SSSR count). The topological polar surface area (TPSA) is 85.7 Å². The summed E-state index contributed by atoms with van der Waals surface area (Å²) in [6.45, 7) is 18.5. The first-order valence-electron chi connectivity index (χ1n) is 12.4. The van der Waals surface area contributed by atoms with Crippen molar-refractivity contribution in [3.63, 3.8) is 0 Å². The minimum Gasteiger partial charge on any atom is -0.293 e. The summed E-state index contributed by atoms with van der Waals surface area (Å²) in [7, 11) is 0. The fourth-order valence-corrected chi connectivity index (χ4v) is 3.70. The van der Waals surface area contributed by atoms with Crippen LogP contribution in [0.4, 0.5) is 0 Å². The molecule has 2 heterocycles. The van der Waals surface area contributed by atoms with Gasteiger partial charge in [0.25, 0.3) is 0 Å². The van der Waals surface area contributed by atoms with Crippen molar-refractivity contribution in [2.45, 2.75) is 110 Å². The largest absolute Gasteiger partial charge is 0.293 e. The molecule has 0 spiro atoms. The minimum absolute atomic E-state index is 0.0170. The van der Waals surface area contributed by atoms with Crippen LogP contribution >= 0.6 is 15.9 Å². The number of ketones is 2. The van der Waals surface area contributed by atoms with Crippen molar-refractivity contribution in [2.24, 2.45) is 0 Å². The molecule has 2 aromatic rings. The average Bonchev–Trinajstić information content (AvgIpc) is 3.70. The minimum atomic E-state index is -0.0652. The monoisotopic (exact) mass is 542 g/mol. The fourth-order valence-electron chi connectivity index (χ4n) is 3.42. The molecule has 2 fully saturated rings. The van der Waals surface area contributed by atoms with E-state index >= 15 is 0 Å². The first-order chi connectivity index (χ1) is 16.0. The van der Waals surface area contributed by atoms with Gasteiger partial charge in [-0.3, -0.25) is 9.59 Å². The van der Waals surface area contributed by atoms with Crippen LogP contribution in [0, 0.1) is 0 Å². The second kappa shape index (κ2) is 9.45. The number of nitrogens with zero attached hydrogens (tertiary/aromatic N) is 4. The van der Waals surface area contributed by atoms with Crippen LogP contribution in [-0.2, 0) is 21.7 Å². The summed E-state index contributed by atoms with van der Waals surface area (Å²) < 4.78 is 0. The molecule has 0 aromatic carbocycles. The number of Topliss-reactive ketones (excluding diaryl/α,β-unsaturated/α-hetero) is 2. The maximum atomic E-state index is 11.9. The number of aromatic nitrogens is 4. The summed E-state index contributed by atoms with van der Waals surface area (Å²) in [5, 5.41) is 0.309. The standard InChI is InChI=1S/C14H19BrN2O.C14H20N2O/c1-13(2,3)11-7-9(10(18)8-15)16-12(17-11)14(4)5-6-14;1-9(17)10-8-11(13(2,3)4)16-12(15-10)14(5)6-7-14/h7H,5-6,8H2,1-4H3;8H,6-7H2,1-5H3. The molecular formula is C28H39BrN4O2. The van der Waals surface area contributed by atoms with Gasteiger partial charge in [-0.15, -0.1) is 0 Å². The Hall–Kier alpha value is -2.02. The lowest BCUT2D eigenvalue weighted by atomic mass is 9.91. The summed E-state index contributed by atoms with van der Waals surface area (Å²) in [5.41, 5.74) is 3.07. The van der Waals surface area contributed by atoms with Gasteiger partial charge in [0.05, 0.1) is 16.7 Å². The van der Waals surface area contributed by atoms with Crippen molar-refractivity contribution in [3.05, 3.63) is 46.6 Å². The van der Waals surface area contributed by atoms with Gasteiger partial charge in [0.2, 0.25) is 0 Å². The summed E-state index contributed by atoms with van der Waals surface area (Å²) in [6.07, 6.45) is 4.47. The van der Waals surface area contributed by atoms with Crippen molar-refractivity contribution in [2.75, 3.05) is 5.33 Å². The summed E-state index contributed by atoms with van der Waals surface area (Å²) in [6, 6.07) is 3.66. The predicted octanol–water partition coefficient (Wildman–Crippen LogP) is 6.43. The molecule has 2 aromatic heterocycles. The van der Waals surface area contributed by atoms with Gasteiger partial charge in [-0.1, -0.05) is 71.3 Å². The quantitative estimate of drug-likeness (QED) is 0.319. The molecule has 2 saturated carbocycles. The second-order valence-electron chi connectivity index (χ2n) is 12.7. The zero-order chi connectivity index (χ0) is 26.4. The van der Waals surface area contributed by atoms with Crippen LogP contribution in [0.2, 0.25) is 0 Å². The number of carbonyl (C=O) groups is 2. The maximum absolute atomic E-state index is 11.9. The SMILES string of the molecule is CC(=O)c1cc(C(C)(C)C)nc(C2(C)CC2)n1.CC(C)(C)c1cc(C(=O)CBr)nc(C2(C)CC2)n1. The number of halogens is 1. The first-order valence-corrected chi connectivity index (χ1v) is 13.5. The van der Waals surface area contributed by atoms with Gasteiger partial charge < -0.3 is 0 Å². The van der Waals surface area contributed by atoms with Gasteiger partial charge in [0, 0.05) is 28.6 Å². The third-order valence-corrected chi connectivity index (χ3v) is 7.35. The average molecular weight is 544 g/mol. The third kappa shape index (κ3) is 6.60. The summed E-state index contributed by atoms with van der Waals surface area (Å²) in [5.74, 6) is 1.71. The molecule has 0 bridgehead atoms. The van der Waals surface area contributed by atoms with E-state index in [0.717, 1.165) is 48.7 Å². The van der Waals surface area contributed by atoms with Gasteiger partial charge in [-0.25, -0.2) is 19.9 Å². The zero-order valence-corrected chi connectivity index (χ0v) is 24.3. The van der Waals surface area contributed by atoms with E-state index in [1.54, 1.807) is 6.92 Å². The zero-order valence-electron chi connectivity index (χ0n) is 22.7. The fraction of sp³-hybridized carbons (Fsp3) is 0.643. The lowest BCUT2D eigenvalue weighted by Gasteiger charge is -2.20. The van der Waals surface area contributed by atoms with Crippen molar-refractivity contribution in [1.29, 1.82) is 0 Å². The number of carbonyl (C=O) groups excluding carboxylic acids is 2. The molecule has 7 heteroatoms. The molecule has 35 heavy (non-hydrogen) atoms. The van der Waals surface area contributed by atoms with E-state index < -0.39 is 0 Å². The van der Waals surface area contributed by atoms with E-state index in [4.69, 9.17) is 0 Å². The van der Waals surface area contributed by atoms with Crippen LogP contribution in [0.5, 0.6) is 0 Å². The van der Waals surface area contributed by atoms with Crippen LogP contribution in [0.1, 0.15) is 132 Å². The van der Waals surface area contributed by atoms with Crippen molar-refractivity contribution in [1.82, 2.24) is 19.9 Å². The Morgan fingerprint density at radius 2 is 1.14 bits per heavy atom. The molecule has 6 nitrogen and oxygen atoms in total. The molecule has 0 amide bonds. The molecule has 0 N–H and O–H groups in total. The highest BCUT2D eigenvalue weighted by atomic mass is 79.9. The Bertz CT molecular complexity index is 1090. The summed E-state index contributed by atoms with van der Waals surface area (Å²) in [4.78, 5) is 41.6. The second-order valence-corrected chi connectivity index (χ2v) is 13.2. The van der Waals surface area contributed by atoms with Gasteiger partial charge in [-0.05, 0) is 37.8 Å². The molecule has 2 aliphatic rings. The normalized spacial score (nSPS) is 17.8. The van der Waals surface area contributed by atoms with E-state index in [0.29, 0.717) is 16.7 Å². The van der Waals surface area contributed by atoms with Crippen LogP contribution < -0.4 is 0 Å². The van der Waals surface area contributed by atoms with Crippen molar-refractivity contribution >= 4 is 27.5 Å². The molecule has 0 unspecified atom stereocenters. The Morgan fingerprint density at radius 3 is 1.46 bits per heavy atom. The Morgan fingerprint density at radius 1 is 0.771 bits per heavy atom. The van der Waals surface area contributed by atoms with E-state index in [1.807, 2.05) is 12.1 Å². The lowest BCUT2D eigenvalue weighted by Crippen LogP contribution is -2.20. The van der Waals surface area contributed by atoms with Gasteiger partial charge >= 0.3 is 0 Å². The van der Waals surface area contributed by atoms with E-state index in [9.17, 15) is 9.59 Å². The Labute approximate surface area is 218 Å². The van der Waals surface area contributed by atoms with E-state index in [1.165, 1.54) is 0 Å². The molecule has 0 aliphatic heterocycles. The van der Waals surface area contributed by atoms with Crippen LogP contribution in [0.25, 0.3) is 0 Å². The molecule has 190 valence electrons. The molecule has 0 atom stereocenters. The van der Waals surface area contributed by atoms with E-state index in [2.05, 4.69) is 91.3 Å². The Balaban J connectivity index is 0.000000196. The van der Waals surface area contributed by atoms with Crippen molar-refractivity contribution in [3.8, 4) is 0 Å². The highest BCUT2D eigenvalue weighted by molar-refractivity contribution is 9.09. The van der Waals surface area contributed by atoms with E-state index in [-0.39, 0.29) is 33.2 Å². The van der Waals surface area contributed by atoms with Crippen LogP contribution in [0.15, 0.2) is 12.1 Å². The van der Waals surface area contributed by atoms with Crippen LogP contribution in [0.3, 0.4) is 0 Å². The smallest absolute Gasteiger partial charge is 0.191 e. The summed E-state index contributed by atoms with van der Waals surface area (Å²) >= 11 is 3.21. The number of alkyl halides is 1. The number of hydrogen-bond acceptors (Lipinski definition) is 6. The molecule has 0 saturated heterocycles. The lowest BCUT2D eigenvalue weighted by molar-refractivity contribution is 0.100. The highest BCUT2D eigenvalue weighted by Gasteiger charge is 2.43. The molecule has 2 aliphatic carbocycles.